The fraction of sp³-hybridized carbons (Fsp3) is 0.222. The van der Waals surface area contributed by atoms with E-state index in [0.29, 0.717) is 35.6 Å². The first-order valence-corrected chi connectivity index (χ1v) is 11.0. The van der Waals surface area contributed by atoms with Crippen LogP contribution in [0.2, 0.25) is 0 Å². The molecule has 3 aromatic rings. The van der Waals surface area contributed by atoms with Gasteiger partial charge in [-0.2, -0.15) is 0 Å². The van der Waals surface area contributed by atoms with Crippen LogP contribution in [-0.4, -0.2) is 49.4 Å². The van der Waals surface area contributed by atoms with Gasteiger partial charge in [0.1, 0.15) is 6.04 Å². The van der Waals surface area contributed by atoms with Gasteiger partial charge < -0.3 is 14.8 Å². The van der Waals surface area contributed by atoms with Crippen molar-refractivity contribution in [2.45, 2.75) is 18.9 Å². The van der Waals surface area contributed by atoms with Crippen LogP contribution < -0.4 is 14.8 Å². The number of imide groups is 1. The molecule has 1 atom stereocenters. The zero-order valence-corrected chi connectivity index (χ0v) is 19.1. The standard InChI is InChI=1S/C27H26N2O5/c1-33-23-13-12-19(17-24(23)34-2)14-15-28-25(30)22(16-18-8-4-3-5-9-18)29-26(31)20-10-6-7-11-21(20)27(29)32/h3-13,17,22H,14-16H2,1-2H3,(H,28,30)/t22-/m0/s1. The largest absolute Gasteiger partial charge is 0.493 e. The molecule has 0 aromatic heterocycles. The van der Waals surface area contributed by atoms with Crippen LogP contribution in [0.1, 0.15) is 31.8 Å². The third kappa shape index (κ3) is 4.64. The van der Waals surface area contributed by atoms with Gasteiger partial charge >= 0.3 is 0 Å². The van der Waals surface area contributed by atoms with E-state index in [1.165, 1.54) is 0 Å². The maximum Gasteiger partial charge on any atom is 0.262 e. The molecule has 0 spiro atoms. The number of rotatable bonds is 9. The van der Waals surface area contributed by atoms with Crippen LogP contribution in [0.25, 0.3) is 0 Å². The average Bonchev–Trinajstić information content (AvgIpc) is 3.12. The summed E-state index contributed by atoms with van der Waals surface area (Å²) in [4.78, 5) is 40.5. The molecule has 7 heteroatoms. The van der Waals surface area contributed by atoms with Crippen molar-refractivity contribution in [1.82, 2.24) is 10.2 Å². The smallest absolute Gasteiger partial charge is 0.262 e. The molecule has 0 fully saturated rings. The van der Waals surface area contributed by atoms with Crippen LogP contribution in [0.15, 0.2) is 72.8 Å². The number of methoxy groups -OCH3 is 2. The van der Waals surface area contributed by atoms with Gasteiger partial charge in [0.2, 0.25) is 5.91 Å². The van der Waals surface area contributed by atoms with Crippen LogP contribution in [-0.2, 0) is 17.6 Å². The summed E-state index contributed by atoms with van der Waals surface area (Å²) in [7, 11) is 3.14. The Hall–Kier alpha value is -4.13. The van der Waals surface area contributed by atoms with Gasteiger partial charge in [-0.3, -0.25) is 19.3 Å². The van der Waals surface area contributed by atoms with E-state index < -0.39 is 17.9 Å². The minimum absolute atomic E-state index is 0.231. The lowest BCUT2D eigenvalue weighted by Gasteiger charge is -2.25. The molecular formula is C27H26N2O5. The van der Waals surface area contributed by atoms with E-state index in [-0.39, 0.29) is 12.3 Å². The first-order chi connectivity index (χ1) is 16.5. The van der Waals surface area contributed by atoms with Crippen molar-refractivity contribution in [2.75, 3.05) is 20.8 Å². The summed E-state index contributed by atoms with van der Waals surface area (Å²) in [6.07, 6.45) is 0.779. The zero-order valence-electron chi connectivity index (χ0n) is 19.1. The summed E-state index contributed by atoms with van der Waals surface area (Å²) in [6.45, 7) is 0.336. The van der Waals surface area contributed by atoms with E-state index in [1.54, 1.807) is 38.5 Å². The molecule has 4 rings (SSSR count). The van der Waals surface area contributed by atoms with Crippen LogP contribution in [0.5, 0.6) is 11.5 Å². The van der Waals surface area contributed by atoms with Crippen molar-refractivity contribution < 1.29 is 23.9 Å². The molecule has 3 amide bonds. The Morgan fingerprint density at radius 1 is 0.824 bits per heavy atom. The molecule has 0 unspecified atom stereocenters. The van der Waals surface area contributed by atoms with Gasteiger partial charge in [-0.1, -0.05) is 48.5 Å². The van der Waals surface area contributed by atoms with Crippen LogP contribution in [0.4, 0.5) is 0 Å². The Labute approximate surface area is 198 Å². The van der Waals surface area contributed by atoms with Gasteiger partial charge in [0, 0.05) is 13.0 Å². The van der Waals surface area contributed by atoms with Crippen molar-refractivity contribution in [2.24, 2.45) is 0 Å². The van der Waals surface area contributed by atoms with E-state index >= 15 is 0 Å². The quantitative estimate of drug-likeness (QED) is 0.498. The third-order valence-electron chi connectivity index (χ3n) is 5.87. The Morgan fingerprint density at radius 3 is 2.06 bits per heavy atom. The van der Waals surface area contributed by atoms with Crippen molar-refractivity contribution >= 4 is 17.7 Å². The molecule has 0 bridgehead atoms. The van der Waals surface area contributed by atoms with E-state index in [4.69, 9.17) is 9.47 Å². The molecule has 1 aliphatic rings. The Balaban J connectivity index is 1.51. The molecule has 0 aliphatic carbocycles. The minimum atomic E-state index is -0.958. The first kappa shape index (κ1) is 23.0. The van der Waals surface area contributed by atoms with Crippen molar-refractivity contribution in [3.05, 3.63) is 95.1 Å². The number of carbonyl (C=O) groups is 3. The number of hydrogen-bond donors (Lipinski definition) is 1. The summed E-state index contributed by atoms with van der Waals surface area (Å²) >= 11 is 0. The number of hydrogen-bond acceptors (Lipinski definition) is 5. The predicted molar refractivity (Wildman–Crippen MR) is 127 cm³/mol. The fourth-order valence-corrected chi connectivity index (χ4v) is 4.11. The molecule has 34 heavy (non-hydrogen) atoms. The summed E-state index contributed by atoms with van der Waals surface area (Å²) < 4.78 is 10.6. The van der Waals surface area contributed by atoms with Gasteiger partial charge in [-0.15, -0.1) is 0 Å². The highest BCUT2D eigenvalue weighted by molar-refractivity contribution is 6.22. The lowest BCUT2D eigenvalue weighted by Crippen LogP contribution is -2.51. The number of benzene rings is 3. The maximum absolute atomic E-state index is 13.3. The summed E-state index contributed by atoms with van der Waals surface area (Å²) in [5, 5.41) is 2.91. The second kappa shape index (κ2) is 10.2. The second-order valence-corrected chi connectivity index (χ2v) is 7.96. The molecule has 174 valence electrons. The highest BCUT2D eigenvalue weighted by Gasteiger charge is 2.42. The van der Waals surface area contributed by atoms with Gasteiger partial charge in [0.05, 0.1) is 25.3 Å². The monoisotopic (exact) mass is 458 g/mol. The number of nitrogens with zero attached hydrogens (tertiary/aromatic N) is 1. The van der Waals surface area contributed by atoms with Crippen LogP contribution in [0.3, 0.4) is 0 Å². The number of carbonyl (C=O) groups excluding carboxylic acids is 3. The molecule has 7 nitrogen and oxygen atoms in total. The number of amides is 3. The lowest BCUT2D eigenvalue weighted by atomic mass is 10.0. The molecular weight excluding hydrogens is 432 g/mol. The fourth-order valence-electron chi connectivity index (χ4n) is 4.11. The zero-order chi connectivity index (χ0) is 24.1. The second-order valence-electron chi connectivity index (χ2n) is 7.96. The summed E-state index contributed by atoms with van der Waals surface area (Å²) in [6, 6.07) is 20.6. The molecule has 3 aromatic carbocycles. The molecule has 1 heterocycles. The van der Waals surface area contributed by atoms with Gasteiger partial charge in [-0.25, -0.2) is 0 Å². The van der Waals surface area contributed by atoms with E-state index in [9.17, 15) is 14.4 Å². The molecule has 0 saturated carbocycles. The molecule has 0 saturated heterocycles. The van der Waals surface area contributed by atoms with Crippen molar-refractivity contribution in [1.29, 1.82) is 0 Å². The van der Waals surface area contributed by atoms with Crippen LogP contribution in [0, 0.1) is 0 Å². The highest BCUT2D eigenvalue weighted by atomic mass is 16.5. The highest BCUT2D eigenvalue weighted by Crippen LogP contribution is 2.28. The van der Waals surface area contributed by atoms with Gasteiger partial charge in [0.25, 0.3) is 11.8 Å². The van der Waals surface area contributed by atoms with Gasteiger partial charge in [-0.05, 0) is 41.8 Å². The molecule has 0 radical (unpaired) electrons. The minimum Gasteiger partial charge on any atom is -0.493 e. The number of fused-ring (bicyclic) bond motifs is 1. The van der Waals surface area contributed by atoms with E-state index in [1.807, 2.05) is 48.5 Å². The molecule has 1 aliphatic heterocycles. The normalized spacial score (nSPS) is 13.4. The first-order valence-electron chi connectivity index (χ1n) is 11.0. The maximum atomic E-state index is 13.3. The summed E-state index contributed by atoms with van der Waals surface area (Å²) in [5.74, 6) is -0.0323. The summed E-state index contributed by atoms with van der Waals surface area (Å²) in [5.41, 5.74) is 2.46. The van der Waals surface area contributed by atoms with Gasteiger partial charge in [0.15, 0.2) is 11.5 Å². The van der Waals surface area contributed by atoms with Crippen LogP contribution >= 0.6 is 0 Å². The SMILES string of the molecule is COc1ccc(CCNC(=O)[C@H](Cc2ccccc2)N2C(=O)c3ccccc3C2=O)cc1OC. The Morgan fingerprint density at radius 2 is 1.44 bits per heavy atom. The third-order valence-corrected chi connectivity index (χ3v) is 5.87. The van der Waals surface area contributed by atoms with E-state index in [0.717, 1.165) is 16.0 Å². The lowest BCUT2D eigenvalue weighted by molar-refractivity contribution is -0.125. The van der Waals surface area contributed by atoms with Crippen molar-refractivity contribution in [3.63, 3.8) is 0 Å². The van der Waals surface area contributed by atoms with E-state index in [2.05, 4.69) is 5.32 Å². The number of ether oxygens (including phenoxy) is 2. The molecule has 1 N–H and O–H groups in total. The Bertz CT molecular complexity index is 1170. The predicted octanol–water partition coefficient (Wildman–Crippen LogP) is 3.27. The van der Waals surface area contributed by atoms with Crippen molar-refractivity contribution in [3.8, 4) is 11.5 Å². The Kier molecular flexibility index (Phi) is 6.92. The number of nitrogens with one attached hydrogen (secondary N) is 1. The topological polar surface area (TPSA) is 84.9 Å². The average molecular weight is 459 g/mol.